The summed E-state index contributed by atoms with van der Waals surface area (Å²) in [5, 5.41) is 0. The maximum Gasteiger partial charge on any atom is 0.218 e. The quantitative estimate of drug-likeness (QED) is 0.823. The highest BCUT2D eigenvalue weighted by Gasteiger charge is 2.05. The van der Waals surface area contributed by atoms with Crippen LogP contribution in [-0.4, -0.2) is 31.2 Å². The third kappa shape index (κ3) is 3.34. The molecule has 0 aliphatic heterocycles. The summed E-state index contributed by atoms with van der Waals surface area (Å²) in [5.74, 6) is 2.24. The minimum atomic E-state index is 0.562. The van der Waals surface area contributed by atoms with Crippen LogP contribution in [0.4, 0.5) is 5.82 Å². The molecular formula is C14H17N3O2. The predicted molar refractivity (Wildman–Crippen MR) is 73.7 cm³/mol. The molecule has 100 valence electrons. The summed E-state index contributed by atoms with van der Waals surface area (Å²) in [5.41, 5.74) is 1.18. The van der Waals surface area contributed by atoms with Crippen molar-refractivity contribution in [3.05, 3.63) is 42.2 Å². The van der Waals surface area contributed by atoms with Gasteiger partial charge in [-0.2, -0.15) is 0 Å². The Morgan fingerprint density at radius 3 is 2.42 bits per heavy atom. The van der Waals surface area contributed by atoms with Crippen molar-refractivity contribution in [2.45, 2.75) is 6.54 Å². The van der Waals surface area contributed by atoms with Crippen LogP contribution in [0.2, 0.25) is 0 Å². The maximum atomic E-state index is 5.14. The second-order valence-electron chi connectivity index (χ2n) is 4.12. The van der Waals surface area contributed by atoms with Gasteiger partial charge in [0, 0.05) is 19.7 Å². The molecule has 0 amide bonds. The lowest BCUT2D eigenvalue weighted by Crippen LogP contribution is -2.17. The van der Waals surface area contributed by atoms with E-state index in [1.54, 1.807) is 14.2 Å². The van der Waals surface area contributed by atoms with Crippen LogP contribution >= 0.6 is 0 Å². The van der Waals surface area contributed by atoms with Gasteiger partial charge in [0.2, 0.25) is 5.88 Å². The highest BCUT2D eigenvalue weighted by Crippen LogP contribution is 2.18. The van der Waals surface area contributed by atoms with Gasteiger partial charge in [0.05, 0.1) is 14.2 Å². The van der Waals surface area contributed by atoms with Gasteiger partial charge in [-0.3, -0.25) is 0 Å². The highest BCUT2D eigenvalue weighted by molar-refractivity contribution is 5.41. The van der Waals surface area contributed by atoms with Crippen LogP contribution in [0.25, 0.3) is 0 Å². The summed E-state index contributed by atoms with van der Waals surface area (Å²) in [6, 6.07) is 9.78. The molecule has 1 aromatic carbocycles. The Morgan fingerprint density at radius 2 is 1.79 bits per heavy atom. The van der Waals surface area contributed by atoms with E-state index >= 15 is 0 Å². The fraction of sp³-hybridized carbons (Fsp3) is 0.286. The number of benzene rings is 1. The van der Waals surface area contributed by atoms with Crippen LogP contribution in [0.15, 0.2) is 36.7 Å². The summed E-state index contributed by atoms with van der Waals surface area (Å²) in [6.45, 7) is 0.754. The molecule has 0 spiro atoms. The minimum absolute atomic E-state index is 0.562. The third-order valence-electron chi connectivity index (χ3n) is 2.81. The van der Waals surface area contributed by atoms with E-state index in [0.717, 1.165) is 18.1 Å². The zero-order chi connectivity index (χ0) is 13.7. The molecule has 5 heteroatoms. The Morgan fingerprint density at radius 1 is 1.05 bits per heavy atom. The number of ether oxygens (including phenoxy) is 2. The molecule has 0 radical (unpaired) electrons. The van der Waals surface area contributed by atoms with E-state index in [-0.39, 0.29) is 0 Å². The molecule has 2 aromatic rings. The number of anilines is 1. The summed E-state index contributed by atoms with van der Waals surface area (Å²) in [7, 11) is 5.23. The SMILES string of the molecule is COc1ccc(CN(C)c2cc(OC)ncn2)cc1. The molecule has 0 fully saturated rings. The minimum Gasteiger partial charge on any atom is -0.497 e. The van der Waals surface area contributed by atoms with Crippen molar-refractivity contribution in [2.75, 3.05) is 26.2 Å². The summed E-state index contributed by atoms with van der Waals surface area (Å²) >= 11 is 0. The largest absolute Gasteiger partial charge is 0.497 e. The molecule has 0 bridgehead atoms. The summed E-state index contributed by atoms with van der Waals surface area (Å²) < 4.78 is 10.2. The van der Waals surface area contributed by atoms with Crippen LogP contribution in [0, 0.1) is 0 Å². The summed E-state index contributed by atoms with van der Waals surface area (Å²) in [6.07, 6.45) is 1.50. The smallest absolute Gasteiger partial charge is 0.218 e. The predicted octanol–water partition coefficient (Wildman–Crippen LogP) is 2.13. The molecule has 0 saturated carbocycles. The monoisotopic (exact) mass is 259 g/mol. The van der Waals surface area contributed by atoms with Crippen LogP contribution < -0.4 is 14.4 Å². The average molecular weight is 259 g/mol. The summed E-state index contributed by atoms with van der Waals surface area (Å²) in [4.78, 5) is 10.3. The maximum absolute atomic E-state index is 5.14. The van der Waals surface area contributed by atoms with Crippen molar-refractivity contribution in [1.29, 1.82) is 0 Å². The van der Waals surface area contributed by atoms with Gasteiger partial charge >= 0.3 is 0 Å². The van der Waals surface area contributed by atoms with E-state index in [9.17, 15) is 0 Å². The molecule has 0 unspecified atom stereocenters. The van der Waals surface area contributed by atoms with Crippen LogP contribution in [0.3, 0.4) is 0 Å². The van der Waals surface area contributed by atoms with Gasteiger partial charge in [-0.1, -0.05) is 12.1 Å². The fourth-order valence-electron chi connectivity index (χ4n) is 1.74. The number of aromatic nitrogens is 2. The van der Waals surface area contributed by atoms with E-state index in [1.165, 1.54) is 11.9 Å². The topological polar surface area (TPSA) is 47.5 Å². The molecule has 1 heterocycles. The molecule has 2 rings (SSSR count). The van der Waals surface area contributed by atoms with Crippen LogP contribution in [0.5, 0.6) is 11.6 Å². The third-order valence-corrected chi connectivity index (χ3v) is 2.81. The Balaban J connectivity index is 2.08. The van der Waals surface area contributed by atoms with Gasteiger partial charge in [-0.15, -0.1) is 0 Å². The lowest BCUT2D eigenvalue weighted by Gasteiger charge is -2.18. The number of hydrogen-bond acceptors (Lipinski definition) is 5. The molecule has 0 aliphatic carbocycles. The van der Waals surface area contributed by atoms with E-state index in [2.05, 4.69) is 9.97 Å². The molecule has 5 nitrogen and oxygen atoms in total. The second kappa shape index (κ2) is 6.04. The van der Waals surface area contributed by atoms with Crippen molar-refractivity contribution < 1.29 is 9.47 Å². The zero-order valence-corrected chi connectivity index (χ0v) is 11.3. The first-order valence-electron chi connectivity index (χ1n) is 5.93. The van der Waals surface area contributed by atoms with Gasteiger partial charge < -0.3 is 14.4 Å². The molecule has 19 heavy (non-hydrogen) atoms. The van der Waals surface area contributed by atoms with E-state index in [4.69, 9.17) is 9.47 Å². The molecule has 0 aliphatic rings. The fourth-order valence-corrected chi connectivity index (χ4v) is 1.74. The van der Waals surface area contributed by atoms with Crippen molar-refractivity contribution in [2.24, 2.45) is 0 Å². The van der Waals surface area contributed by atoms with Gasteiger partial charge in [0.15, 0.2) is 0 Å². The Bertz CT molecular complexity index is 528. The first-order valence-corrected chi connectivity index (χ1v) is 5.93. The molecular weight excluding hydrogens is 242 g/mol. The molecule has 1 aromatic heterocycles. The number of methoxy groups -OCH3 is 2. The Hall–Kier alpha value is -2.30. The van der Waals surface area contributed by atoms with E-state index < -0.39 is 0 Å². The zero-order valence-electron chi connectivity index (χ0n) is 11.3. The first-order chi connectivity index (χ1) is 9.22. The molecule has 0 N–H and O–H groups in total. The van der Waals surface area contributed by atoms with E-state index in [1.807, 2.05) is 42.3 Å². The standard InChI is InChI=1S/C14H17N3O2/c1-17(13-8-14(19-3)16-10-15-13)9-11-4-6-12(18-2)7-5-11/h4-8,10H,9H2,1-3H3. The second-order valence-corrected chi connectivity index (χ2v) is 4.12. The van der Waals surface area contributed by atoms with E-state index in [0.29, 0.717) is 5.88 Å². The van der Waals surface area contributed by atoms with Crippen molar-refractivity contribution >= 4 is 5.82 Å². The van der Waals surface area contributed by atoms with Crippen molar-refractivity contribution in [1.82, 2.24) is 9.97 Å². The number of rotatable bonds is 5. The average Bonchev–Trinajstić information content (AvgIpc) is 2.48. The van der Waals surface area contributed by atoms with Gasteiger partial charge in [0.25, 0.3) is 0 Å². The highest BCUT2D eigenvalue weighted by atomic mass is 16.5. The molecule has 0 saturated heterocycles. The number of nitrogens with zero attached hydrogens (tertiary/aromatic N) is 3. The Kier molecular flexibility index (Phi) is 4.18. The van der Waals surface area contributed by atoms with Gasteiger partial charge in [-0.05, 0) is 17.7 Å². The first kappa shape index (κ1) is 13.1. The lowest BCUT2D eigenvalue weighted by molar-refractivity contribution is 0.397. The van der Waals surface area contributed by atoms with Crippen molar-refractivity contribution in [3.8, 4) is 11.6 Å². The lowest BCUT2D eigenvalue weighted by atomic mass is 10.2. The van der Waals surface area contributed by atoms with Gasteiger partial charge in [-0.25, -0.2) is 9.97 Å². The Labute approximate surface area is 112 Å². The number of hydrogen-bond donors (Lipinski definition) is 0. The van der Waals surface area contributed by atoms with Crippen LogP contribution in [0.1, 0.15) is 5.56 Å². The van der Waals surface area contributed by atoms with Crippen LogP contribution in [-0.2, 0) is 6.54 Å². The van der Waals surface area contributed by atoms with Gasteiger partial charge in [0.1, 0.15) is 17.9 Å². The molecule has 0 atom stereocenters. The normalized spacial score (nSPS) is 10.1. The van der Waals surface area contributed by atoms with Crippen molar-refractivity contribution in [3.63, 3.8) is 0 Å².